The summed E-state index contributed by atoms with van der Waals surface area (Å²) in [6, 6.07) is 7.37. The molecule has 3 rings (SSSR count). The van der Waals surface area contributed by atoms with E-state index in [4.69, 9.17) is 0 Å². The molecule has 0 bridgehead atoms. The Balaban J connectivity index is 1.81. The van der Waals surface area contributed by atoms with E-state index in [2.05, 4.69) is 36.0 Å². The number of H-pyrrole nitrogens is 1. The molecule has 0 radical (unpaired) electrons. The Morgan fingerprint density at radius 2 is 2.16 bits per heavy atom. The largest absolute Gasteiger partial charge is 0.469 e. The number of carbonyl (C=O) groups excluding carboxylic acids is 2. The second-order valence-corrected chi connectivity index (χ2v) is 6.64. The van der Waals surface area contributed by atoms with Gasteiger partial charge in [-0.1, -0.05) is 28.1 Å². The van der Waals surface area contributed by atoms with E-state index in [-0.39, 0.29) is 31.0 Å². The molecular formula is C17H19BrN4O3. The van der Waals surface area contributed by atoms with Crippen LogP contribution in [0.25, 0.3) is 0 Å². The van der Waals surface area contributed by atoms with Gasteiger partial charge in [-0.05, 0) is 17.7 Å². The van der Waals surface area contributed by atoms with Crippen molar-refractivity contribution in [3.63, 3.8) is 0 Å². The maximum atomic E-state index is 12.7. The number of ether oxygens (including phenoxy) is 1. The van der Waals surface area contributed by atoms with Crippen molar-refractivity contribution in [1.82, 2.24) is 20.2 Å². The molecule has 0 saturated heterocycles. The number of imidazole rings is 1. The average molecular weight is 407 g/mol. The van der Waals surface area contributed by atoms with Crippen LogP contribution in [0.15, 0.2) is 35.1 Å². The van der Waals surface area contributed by atoms with Gasteiger partial charge in [0.15, 0.2) is 0 Å². The van der Waals surface area contributed by atoms with Gasteiger partial charge in [0.1, 0.15) is 6.04 Å². The normalized spacial score (nSPS) is 16.2. The van der Waals surface area contributed by atoms with Crippen LogP contribution in [0, 0.1) is 0 Å². The zero-order valence-corrected chi connectivity index (χ0v) is 15.4. The number of aromatic amines is 1. The quantitative estimate of drug-likeness (QED) is 0.763. The van der Waals surface area contributed by atoms with Crippen LogP contribution in [-0.4, -0.2) is 47.1 Å². The summed E-state index contributed by atoms with van der Waals surface area (Å²) in [6.07, 6.45) is 2.52. The number of amides is 2. The third-order valence-corrected chi connectivity index (χ3v) is 4.73. The number of nitrogens with one attached hydrogen (secondary N) is 2. The van der Waals surface area contributed by atoms with Gasteiger partial charge in [-0.2, -0.15) is 0 Å². The maximum absolute atomic E-state index is 12.7. The van der Waals surface area contributed by atoms with Crippen LogP contribution >= 0.6 is 15.9 Å². The zero-order chi connectivity index (χ0) is 17.8. The highest BCUT2D eigenvalue weighted by atomic mass is 79.9. The number of hydrogen-bond acceptors (Lipinski definition) is 4. The van der Waals surface area contributed by atoms with Gasteiger partial charge < -0.3 is 19.9 Å². The fraction of sp³-hybridized carbons (Fsp3) is 0.353. The van der Waals surface area contributed by atoms with Gasteiger partial charge in [0.2, 0.25) is 0 Å². The first-order valence-electron chi connectivity index (χ1n) is 7.99. The predicted octanol–water partition coefficient (Wildman–Crippen LogP) is 2.39. The van der Waals surface area contributed by atoms with E-state index in [9.17, 15) is 9.59 Å². The lowest BCUT2D eigenvalue weighted by atomic mass is 9.96. The summed E-state index contributed by atoms with van der Waals surface area (Å²) < 4.78 is 5.57. The van der Waals surface area contributed by atoms with E-state index in [1.807, 2.05) is 24.3 Å². The Bertz CT molecular complexity index is 760. The van der Waals surface area contributed by atoms with Gasteiger partial charge in [-0.3, -0.25) is 4.79 Å². The molecule has 1 aliphatic heterocycles. The van der Waals surface area contributed by atoms with Gasteiger partial charge in [0.05, 0.1) is 25.6 Å². The fourth-order valence-electron chi connectivity index (χ4n) is 2.95. The van der Waals surface area contributed by atoms with Crippen molar-refractivity contribution < 1.29 is 14.3 Å². The first-order valence-corrected chi connectivity index (χ1v) is 8.78. The van der Waals surface area contributed by atoms with Gasteiger partial charge >= 0.3 is 12.0 Å². The topological polar surface area (TPSA) is 87.3 Å². The number of hydrogen-bond donors (Lipinski definition) is 2. The summed E-state index contributed by atoms with van der Waals surface area (Å²) in [4.78, 5) is 33.2. The second-order valence-electron chi connectivity index (χ2n) is 5.72. The van der Waals surface area contributed by atoms with Gasteiger partial charge in [0.25, 0.3) is 0 Å². The molecule has 2 N–H and O–H groups in total. The number of methoxy groups -OCH3 is 1. The third-order valence-electron chi connectivity index (χ3n) is 4.20. The van der Waals surface area contributed by atoms with Crippen LogP contribution in [0.3, 0.4) is 0 Å². The molecule has 0 aliphatic carbocycles. The van der Waals surface area contributed by atoms with E-state index in [1.165, 1.54) is 7.11 Å². The molecule has 0 spiro atoms. The molecule has 1 aromatic heterocycles. The molecule has 0 saturated carbocycles. The highest BCUT2D eigenvalue weighted by Crippen LogP contribution is 2.33. The van der Waals surface area contributed by atoms with E-state index in [0.717, 1.165) is 21.4 Å². The Morgan fingerprint density at radius 1 is 1.40 bits per heavy atom. The molecule has 2 heterocycles. The van der Waals surface area contributed by atoms with Crippen molar-refractivity contribution in [2.75, 3.05) is 20.2 Å². The first kappa shape index (κ1) is 17.5. The smallest absolute Gasteiger partial charge is 0.318 e. The molecule has 0 fully saturated rings. The molecule has 7 nitrogen and oxygen atoms in total. The molecule has 1 atom stereocenters. The number of aromatic nitrogens is 2. The van der Waals surface area contributed by atoms with Crippen molar-refractivity contribution in [2.24, 2.45) is 0 Å². The van der Waals surface area contributed by atoms with Crippen LogP contribution in [0.5, 0.6) is 0 Å². The van der Waals surface area contributed by atoms with Gasteiger partial charge in [-0.25, -0.2) is 9.78 Å². The Labute approximate surface area is 153 Å². The molecule has 1 aliphatic rings. The van der Waals surface area contributed by atoms with Crippen molar-refractivity contribution >= 4 is 27.9 Å². The molecule has 8 heteroatoms. The molecule has 0 unspecified atom stereocenters. The number of rotatable bonds is 4. The number of benzene rings is 1. The lowest BCUT2D eigenvalue weighted by Gasteiger charge is -2.35. The zero-order valence-electron chi connectivity index (χ0n) is 13.8. The minimum Gasteiger partial charge on any atom is -0.469 e. The molecule has 2 aromatic rings. The number of urea groups is 1. The monoisotopic (exact) mass is 406 g/mol. The Hall–Kier alpha value is -2.35. The first-order chi connectivity index (χ1) is 12.1. The highest BCUT2D eigenvalue weighted by molar-refractivity contribution is 9.10. The van der Waals surface area contributed by atoms with Crippen molar-refractivity contribution in [1.29, 1.82) is 0 Å². The summed E-state index contributed by atoms with van der Waals surface area (Å²) in [5, 5.41) is 2.79. The van der Waals surface area contributed by atoms with Gasteiger partial charge in [-0.15, -0.1) is 0 Å². The number of fused-ring (bicyclic) bond motifs is 1. The fourth-order valence-corrected chi connectivity index (χ4v) is 3.22. The average Bonchev–Trinajstić information content (AvgIpc) is 3.10. The molecule has 132 valence electrons. The van der Waals surface area contributed by atoms with E-state index >= 15 is 0 Å². The van der Waals surface area contributed by atoms with Crippen molar-refractivity contribution in [2.45, 2.75) is 18.9 Å². The second kappa shape index (κ2) is 7.69. The summed E-state index contributed by atoms with van der Waals surface area (Å²) in [6.45, 7) is 0.808. The molecule has 2 amide bonds. The predicted molar refractivity (Wildman–Crippen MR) is 95.0 cm³/mol. The van der Waals surface area contributed by atoms with Crippen LogP contribution in [-0.2, 0) is 16.0 Å². The van der Waals surface area contributed by atoms with Crippen molar-refractivity contribution in [3.8, 4) is 0 Å². The maximum Gasteiger partial charge on any atom is 0.318 e. The van der Waals surface area contributed by atoms with Crippen LogP contribution in [0.1, 0.15) is 29.4 Å². The van der Waals surface area contributed by atoms with Crippen molar-refractivity contribution in [3.05, 3.63) is 52.0 Å². The number of carbonyl (C=O) groups is 2. The van der Waals surface area contributed by atoms with E-state index < -0.39 is 0 Å². The summed E-state index contributed by atoms with van der Waals surface area (Å²) in [7, 11) is 1.33. The SMILES string of the molecule is COC(=O)CCNC(=O)N1CCc2[nH]cnc2[C@H]1c1ccc(Br)cc1. The third kappa shape index (κ3) is 3.84. The lowest BCUT2D eigenvalue weighted by Crippen LogP contribution is -2.46. The lowest BCUT2D eigenvalue weighted by molar-refractivity contribution is -0.140. The minimum absolute atomic E-state index is 0.146. The van der Waals surface area contributed by atoms with Crippen LogP contribution in [0.4, 0.5) is 4.79 Å². The minimum atomic E-state index is -0.349. The highest BCUT2D eigenvalue weighted by Gasteiger charge is 2.33. The summed E-state index contributed by atoms with van der Waals surface area (Å²) in [5.41, 5.74) is 2.89. The van der Waals surface area contributed by atoms with Crippen LogP contribution < -0.4 is 5.32 Å². The van der Waals surface area contributed by atoms with Gasteiger partial charge in [0, 0.05) is 29.7 Å². The van der Waals surface area contributed by atoms with Crippen LogP contribution in [0.2, 0.25) is 0 Å². The molecule has 1 aromatic carbocycles. The van der Waals surface area contributed by atoms with E-state index in [0.29, 0.717) is 13.0 Å². The van der Waals surface area contributed by atoms with E-state index in [1.54, 1.807) is 11.2 Å². The number of nitrogens with zero attached hydrogens (tertiary/aromatic N) is 2. The summed E-state index contributed by atoms with van der Waals surface area (Å²) in [5.74, 6) is -0.349. The number of halogens is 1. The standard InChI is InChI=1S/C17H19BrN4O3/c1-25-14(23)6-8-19-17(24)22-9-7-13-15(21-10-20-13)16(22)11-2-4-12(18)5-3-11/h2-5,10,16H,6-9H2,1H3,(H,19,24)(H,20,21)/t16-/m1/s1. The molecule has 25 heavy (non-hydrogen) atoms. The summed E-state index contributed by atoms with van der Waals surface area (Å²) >= 11 is 3.43. The molecular weight excluding hydrogens is 388 g/mol. The Kier molecular flexibility index (Phi) is 5.37. The number of esters is 1. The Morgan fingerprint density at radius 3 is 2.88 bits per heavy atom.